The van der Waals surface area contributed by atoms with E-state index in [2.05, 4.69) is 123 Å². The molecular weight excluding hydrogens is 990 g/mol. The van der Waals surface area contributed by atoms with Crippen molar-refractivity contribution in [3.63, 3.8) is 0 Å². The van der Waals surface area contributed by atoms with Crippen LogP contribution in [-0.2, 0) is 32.7 Å². The Labute approximate surface area is 479 Å². The average molecular weight is 1110 g/mol. The van der Waals surface area contributed by atoms with Gasteiger partial charge in [0, 0.05) is 19.4 Å². The third-order valence-electron chi connectivity index (χ3n) is 13.4. The van der Waals surface area contributed by atoms with E-state index in [0.717, 1.165) is 103 Å². The molecule has 2 atom stereocenters. The largest absolute Gasteiger partial charge is 0.472 e. The van der Waals surface area contributed by atoms with E-state index in [9.17, 15) is 19.0 Å². The van der Waals surface area contributed by atoms with Gasteiger partial charge >= 0.3 is 19.8 Å². The molecule has 448 valence electrons. The fourth-order valence-corrected chi connectivity index (χ4v) is 9.51. The zero-order valence-electron chi connectivity index (χ0n) is 50.1. The molecule has 0 aliphatic carbocycles. The highest BCUT2D eigenvalue weighted by Gasteiger charge is 2.26. The number of phosphoric ester groups is 1. The van der Waals surface area contributed by atoms with Crippen LogP contribution in [0.5, 0.6) is 0 Å². The summed E-state index contributed by atoms with van der Waals surface area (Å²) >= 11 is 0. The van der Waals surface area contributed by atoms with Gasteiger partial charge < -0.3 is 20.1 Å². The van der Waals surface area contributed by atoms with Gasteiger partial charge in [0.25, 0.3) is 0 Å². The van der Waals surface area contributed by atoms with Crippen molar-refractivity contribution in [1.82, 2.24) is 0 Å². The molecule has 0 saturated carbocycles. The topological polar surface area (TPSA) is 134 Å². The van der Waals surface area contributed by atoms with Crippen LogP contribution in [0.4, 0.5) is 0 Å². The number of unbranched alkanes of at least 4 members (excludes halogenated alkanes) is 28. The summed E-state index contributed by atoms with van der Waals surface area (Å²) in [6.07, 6.45) is 85.8. The lowest BCUT2D eigenvalue weighted by Gasteiger charge is -2.19. The number of esters is 2. The fourth-order valence-electron chi connectivity index (χ4n) is 8.75. The maximum absolute atomic E-state index is 12.7. The van der Waals surface area contributed by atoms with Crippen molar-refractivity contribution in [2.45, 2.75) is 283 Å². The van der Waals surface area contributed by atoms with E-state index in [1.165, 1.54) is 141 Å². The molecule has 2 unspecified atom stereocenters. The summed E-state index contributed by atoms with van der Waals surface area (Å²) < 4.78 is 33.1. The second-order valence-electron chi connectivity index (χ2n) is 20.9. The minimum atomic E-state index is -4.39. The van der Waals surface area contributed by atoms with Gasteiger partial charge in [0.15, 0.2) is 6.10 Å². The van der Waals surface area contributed by atoms with E-state index in [1.54, 1.807) is 0 Å². The Kier molecular flexibility index (Phi) is 60.2. The average Bonchev–Trinajstić information content (AvgIpc) is 3.43. The number of allylic oxidation sites excluding steroid dienone is 18. The van der Waals surface area contributed by atoms with Crippen LogP contribution in [0.25, 0.3) is 0 Å². The molecule has 9 nitrogen and oxygen atoms in total. The number of hydrogen-bond donors (Lipinski definition) is 2. The highest BCUT2D eigenvalue weighted by molar-refractivity contribution is 7.47. The van der Waals surface area contributed by atoms with Crippen molar-refractivity contribution in [2.24, 2.45) is 5.73 Å². The summed E-state index contributed by atoms with van der Waals surface area (Å²) in [5.41, 5.74) is 5.39. The van der Waals surface area contributed by atoms with Crippen LogP contribution in [0.15, 0.2) is 109 Å². The Morgan fingerprint density at radius 2 is 0.705 bits per heavy atom. The highest BCUT2D eigenvalue weighted by Crippen LogP contribution is 2.43. The number of hydrogen-bond acceptors (Lipinski definition) is 8. The lowest BCUT2D eigenvalue weighted by Crippen LogP contribution is -2.29. The predicted molar refractivity (Wildman–Crippen MR) is 335 cm³/mol. The third kappa shape index (κ3) is 61.9. The van der Waals surface area contributed by atoms with E-state index < -0.39 is 26.5 Å². The van der Waals surface area contributed by atoms with E-state index in [4.69, 9.17) is 24.3 Å². The Balaban J connectivity index is 3.93. The molecule has 0 aromatic heterocycles. The molecule has 78 heavy (non-hydrogen) atoms. The van der Waals surface area contributed by atoms with E-state index >= 15 is 0 Å². The number of carbonyl (C=O) groups is 2. The third-order valence-corrected chi connectivity index (χ3v) is 14.4. The summed E-state index contributed by atoms with van der Waals surface area (Å²) in [4.78, 5) is 35.2. The zero-order chi connectivity index (χ0) is 56.6. The van der Waals surface area contributed by atoms with Crippen molar-refractivity contribution in [3.05, 3.63) is 109 Å². The normalized spacial score (nSPS) is 13.7. The van der Waals surface area contributed by atoms with Gasteiger partial charge in [0.2, 0.25) is 0 Å². The molecule has 0 spiro atoms. The summed E-state index contributed by atoms with van der Waals surface area (Å²) in [6.45, 7) is 3.65. The molecule has 0 radical (unpaired) electrons. The van der Waals surface area contributed by atoms with Crippen molar-refractivity contribution in [1.29, 1.82) is 0 Å². The zero-order valence-corrected chi connectivity index (χ0v) is 51.0. The summed E-state index contributed by atoms with van der Waals surface area (Å²) in [6, 6.07) is 0. The number of phosphoric acid groups is 1. The minimum Gasteiger partial charge on any atom is -0.462 e. The number of ether oxygens (including phenoxy) is 2. The molecule has 0 aromatic carbocycles. The first kappa shape index (κ1) is 74.7. The molecule has 10 heteroatoms. The summed E-state index contributed by atoms with van der Waals surface area (Å²) in [7, 11) is -4.39. The van der Waals surface area contributed by atoms with Crippen molar-refractivity contribution < 1.29 is 37.6 Å². The van der Waals surface area contributed by atoms with Crippen LogP contribution in [0.2, 0.25) is 0 Å². The molecule has 0 aromatic rings. The minimum absolute atomic E-state index is 0.0504. The SMILES string of the molecule is CC/C=C\C/C=C\C/C=C\C/C=C\C/C=C\C/C=C\C/C=C\C/C=C\C/C=C\CCCCCCCCCCCCCC(=O)OC(COC(=O)CCCCCCCCCCCCCCCCCCCC)COP(=O)(O)OCCN. The fraction of sp³-hybridized carbons (Fsp3) is 0.706. The number of carbonyl (C=O) groups excluding carboxylic acids is 2. The molecule has 0 aliphatic rings. The highest BCUT2D eigenvalue weighted by atomic mass is 31.2. The standard InChI is InChI=1S/C68H118NO8P/c1-3-5-7-9-11-13-15-17-19-21-23-24-25-26-27-28-29-30-31-32-33-34-35-36-37-38-39-40-41-42-43-45-47-49-51-53-55-57-59-61-68(71)77-66(65-76-78(72,73)75-63-62-69)64-74-67(70)60-58-56-54-52-50-48-46-44-22-20-18-16-14-12-10-8-6-4-2/h5,7,11,13,17,19,23-24,26-27,29-30,32-33,35-36,38-39,66H,3-4,6,8-10,12,14-16,18,20-22,25,28,31,34,37,40-65,69H2,1-2H3,(H,72,73)/b7-5-,13-11-,19-17-,24-23-,27-26-,30-29-,33-32-,36-35-,39-38-. The first-order valence-corrected chi connectivity index (χ1v) is 33.4. The van der Waals surface area contributed by atoms with Crippen LogP contribution in [0.3, 0.4) is 0 Å². The Morgan fingerprint density at radius 3 is 1.05 bits per heavy atom. The summed E-state index contributed by atoms with van der Waals surface area (Å²) in [5, 5.41) is 0. The van der Waals surface area contributed by atoms with Crippen LogP contribution in [0, 0.1) is 0 Å². The first-order valence-electron chi connectivity index (χ1n) is 31.9. The van der Waals surface area contributed by atoms with E-state index in [0.29, 0.717) is 6.42 Å². The van der Waals surface area contributed by atoms with E-state index in [1.807, 2.05) is 0 Å². The van der Waals surface area contributed by atoms with Crippen molar-refractivity contribution in [2.75, 3.05) is 26.4 Å². The molecule has 0 fully saturated rings. The van der Waals surface area contributed by atoms with Gasteiger partial charge in [0.05, 0.1) is 13.2 Å². The molecule has 0 rings (SSSR count). The monoisotopic (exact) mass is 1110 g/mol. The molecule has 0 heterocycles. The maximum atomic E-state index is 12.7. The van der Waals surface area contributed by atoms with Crippen LogP contribution >= 0.6 is 7.82 Å². The van der Waals surface area contributed by atoms with Gasteiger partial charge in [-0.25, -0.2) is 4.57 Å². The Morgan fingerprint density at radius 1 is 0.397 bits per heavy atom. The van der Waals surface area contributed by atoms with Crippen LogP contribution in [-0.4, -0.2) is 49.3 Å². The second kappa shape index (κ2) is 62.9. The van der Waals surface area contributed by atoms with Gasteiger partial charge in [-0.1, -0.05) is 290 Å². The Hall–Kier alpha value is -3.33. The van der Waals surface area contributed by atoms with Crippen molar-refractivity contribution in [3.8, 4) is 0 Å². The van der Waals surface area contributed by atoms with Gasteiger partial charge in [-0.2, -0.15) is 0 Å². The summed E-state index contributed by atoms with van der Waals surface area (Å²) in [5.74, 6) is -0.825. The predicted octanol–water partition coefficient (Wildman–Crippen LogP) is 20.6. The molecule has 3 N–H and O–H groups in total. The molecule has 0 amide bonds. The van der Waals surface area contributed by atoms with Gasteiger partial charge in [-0.05, 0) is 83.5 Å². The Bertz CT molecular complexity index is 1640. The molecule has 0 aliphatic heterocycles. The van der Waals surface area contributed by atoms with Crippen molar-refractivity contribution >= 4 is 19.8 Å². The lowest BCUT2D eigenvalue weighted by molar-refractivity contribution is -0.161. The molecule has 0 saturated heterocycles. The number of rotatable bonds is 59. The second-order valence-corrected chi connectivity index (χ2v) is 22.4. The quantitative estimate of drug-likeness (QED) is 0.0264. The van der Waals surface area contributed by atoms with Gasteiger partial charge in [0.1, 0.15) is 6.61 Å². The molecule has 0 bridgehead atoms. The number of nitrogens with two attached hydrogens (primary N) is 1. The van der Waals surface area contributed by atoms with Crippen LogP contribution in [0.1, 0.15) is 277 Å². The smallest absolute Gasteiger partial charge is 0.462 e. The van der Waals surface area contributed by atoms with Crippen LogP contribution < -0.4 is 5.73 Å². The lowest BCUT2D eigenvalue weighted by atomic mass is 10.0. The van der Waals surface area contributed by atoms with Gasteiger partial charge in [-0.15, -0.1) is 0 Å². The molecular formula is C68H118NO8P. The first-order chi connectivity index (χ1) is 38.3. The van der Waals surface area contributed by atoms with E-state index in [-0.39, 0.29) is 38.6 Å². The maximum Gasteiger partial charge on any atom is 0.472 e. The van der Waals surface area contributed by atoms with Gasteiger partial charge in [-0.3, -0.25) is 18.6 Å².